The zero-order valence-electron chi connectivity index (χ0n) is 22.0. The molecule has 0 bridgehead atoms. The highest BCUT2D eigenvalue weighted by molar-refractivity contribution is 6.79. The van der Waals surface area contributed by atoms with Gasteiger partial charge in [-0.1, -0.05) is 181 Å². The molecule has 1 radical (unpaired) electrons. The van der Waals surface area contributed by atoms with Gasteiger partial charge in [-0.05, 0) is 6.04 Å². The van der Waals surface area contributed by atoms with Gasteiger partial charge < -0.3 is 0 Å². The molecule has 0 spiro atoms. The molecule has 0 nitrogen and oxygen atoms in total. The van der Waals surface area contributed by atoms with Crippen LogP contribution in [0, 0.1) is 6.04 Å². The Bertz CT molecular complexity index is 304. The van der Waals surface area contributed by atoms with Crippen LogP contribution in [0.15, 0.2) is 0 Å². The molecule has 0 aliphatic heterocycles. The van der Waals surface area contributed by atoms with E-state index in [2.05, 4.69) is 32.6 Å². The molecule has 0 aliphatic carbocycles. The van der Waals surface area contributed by atoms with Gasteiger partial charge in [-0.15, -0.1) is 0 Å². The van der Waals surface area contributed by atoms with Crippen LogP contribution < -0.4 is 0 Å². The predicted octanol–water partition coefficient (Wildman–Crippen LogP) is 11.5. The molecule has 0 N–H and O–H groups in total. The van der Waals surface area contributed by atoms with Gasteiger partial charge in [-0.2, -0.15) is 0 Å². The molecule has 0 aromatic heterocycles. The Hall–Kier alpha value is 0.217. The van der Waals surface area contributed by atoms with Gasteiger partial charge in [0.2, 0.25) is 0 Å². The topological polar surface area (TPSA) is 0 Å². The molecule has 0 aromatic rings. The second kappa shape index (κ2) is 23.9. The van der Waals surface area contributed by atoms with E-state index in [1.54, 1.807) is 0 Å². The van der Waals surface area contributed by atoms with Crippen LogP contribution in [0.5, 0.6) is 0 Å². The fourth-order valence-corrected chi connectivity index (χ4v) is 5.54. The maximum atomic E-state index is 2.63. The van der Waals surface area contributed by atoms with Gasteiger partial charge in [-0.3, -0.25) is 0 Å². The summed E-state index contributed by atoms with van der Waals surface area (Å²) in [5, 5.41) is 0. The van der Waals surface area contributed by atoms with Crippen molar-refractivity contribution in [2.24, 2.45) is 0 Å². The highest BCUT2D eigenvalue weighted by Gasteiger charge is 2.11. The Kier molecular flexibility index (Phi) is 24.0. The Labute approximate surface area is 194 Å². The number of unbranched alkanes of at least 4 members (excludes halogenated alkanes) is 23. The van der Waals surface area contributed by atoms with Crippen molar-refractivity contribution in [3.05, 3.63) is 6.04 Å². The fourth-order valence-electron chi connectivity index (χ4n) is 4.46. The summed E-state index contributed by atoms with van der Waals surface area (Å²) < 4.78 is 0. The molecule has 30 heavy (non-hydrogen) atoms. The largest absolute Gasteiger partial charge is 0.0693 e. The maximum Gasteiger partial charge on any atom is 0.0473 e. The second-order valence-corrected chi connectivity index (χ2v) is 16.3. The van der Waals surface area contributed by atoms with E-state index in [4.69, 9.17) is 0 Å². The van der Waals surface area contributed by atoms with Crippen molar-refractivity contribution in [3.63, 3.8) is 0 Å². The molecule has 181 valence electrons. The van der Waals surface area contributed by atoms with Crippen molar-refractivity contribution in [2.75, 3.05) is 0 Å². The van der Waals surface area contributed by atoms with E-state index >= 15 is 0 Å². The SMILES string of the molecule is CCCCCCCCCCCCCCCCCCCCCCCCC[CH][Si](C)(C)C. The van der Waals surface area contributed by atoms with Crippen molar-refractivity contribution in [2.45, 2.75) is 181 Å². The highest BCUT2D eigenvalue weighted by Crippen LogP contribution is 2.16. The summed E-state index contributed by atoms with van der Waals surface area (Å²) >= 11 is 0. The molecule has 0 saturated carbocycles. The zero-order chi connectivity index (χ0) is 22.2. The zero-order valence-corrected chi connectivity index (χ0v) is 23.0. The van der Waals surface area contributed by atoms with Gasteiger partial charge in [-0.25, -0.2) is 0 Å². The molecule has 0 aliphatic rings. The van der Waals surface area contributed by atoms with Crippen LogP contribution in [0.2, 0.25) is 19.6 Å². The van der Waals surface area contributed by atoms with Crippen molar-refractivity contribution in [1.82, 2.24) is 0 Å². The standard InChI is InChI=1S/C29H61Si/c1-5-6-7-8-9-10-11-12-13-14-15-16-17-18-19-20-21-22-23-24-25-26-27-28-29-30(2,3)4/h29H,5-28H2,1-4H3. The fraction of sp³-hybridized carbons (Fsp3) is 0.966. The third-order valence-electron chi connectivity index (χ3n) is 6.56. The first-order valence-corrected chi connectivity index (χ1v) is 18.0. The van der Waals surface area contributed by atoms with Crippen LogP contribution in [0.25, 0.3) is 0 Å². The lowest BCUT2D eigenvalue weighted by molar-refractivity contribution is 0.518. The molecule has 0 fully saturated rings. The van der Waals surface area contributed by atoms with E-state index in [0.29, 0.717) is 0 Å². The van der Waals surface area contributed by atoms with Gasteiger partial charge >= 0.3 is 0 Å². The Morgan fingerprint density at radius 3 is 0.833 bits per heavy atom. The third kappa shape index (κ3) is 28.2. The summed E-state index contributed by atoms with van der Waals surface area (Å²) in [6, 6.07) is 2.63. The predicted molar refractivity (Wildman–Crippen MR) is 144 cm³/mol. The number of hydrogen-bond acceptors (Lipinski definition) is 0. The summed E-state index contributed by atoms with van der Waals surface area (Å²) in [6.07, 6.45) is 35.3. The third-order valence-corrected chi connectivity index (χ3v) is 8.08. The molecular weight excluding hydrogens is 376 g/mol. The molecule has 0 rings (SSSR count). The Balaban J connectivity index is 3.02. The van der Waals surface area contributed by atoms with Crippen LogP contribution in [-0.2, 0) is 0 Å². The summed E-state index contributed by atoms with van der Waals surface area (Å²) in [7, 11) is -0.901. The minimum Gasteiger partial charge on any atom is -0.0693 e. The lowest BCUT2D eigenvalue weighted by atomic mass is 10.0. The molecule has 1 heteroatoms. The molecule has 0 unspecified atom stereocenters. The van der Waals surface area contributed by atoms with Crippen molar-refractivity contribution in [3.8, 4) is 0 Å². The maximum absolute atomic E-state index is 2.63. The molecule has 0 heterocycles. The van der Waals surface area contributed by atoms with E-state index in [1.807, 2.05) is 0 Å². The average molecular weight is 438 g/mol. The van der Waals surface area contributed by atoms with E-state index in [0.717, 1.165) is 0 Å². The van der Waals surface area contributed by atoms with Gasteiger partial charge in [0.15, 0.2) is 0 Å². The molecule has 0 saturated heterocycles. The van der Waals surface area contributed by atoms with E-state index < -0.39 is 8.07 Å². The summed E-state index contributed by atoms with van der Waals surface area (Å²) in [4.78, 5) is 0. The lowest BCUT2D eigenvalue weighted by Gasteiger charge is -2.14. The Morgan fingerprint density at radius 2 is 0.600 bits per heavy atom. The molecule has 0 amide bonds. The van der Waals surface area contributed by atoms with E-state index in [1.165, 1.54) is 154 Å². The second-order valence-electron chi connectivity index (χ2n) is 11.1. The van der Waals surface area contributed by atoms with Gasteiger partial charge in [0.25, 0.3) is 0 Å². The first kappa shape index (κ1) is 30.2. The first-order chi connectivity index (χ1) is 14.6. The van der Waals surface area contributed by atoms with E-state index in [9.17, 15) is 0 Å². The smallest absolute Gasteiger partial charge is 0.0473 e. The number of hydrogen-bond donors (Lipinski definition) is 0. The summed E-state index contributed by atoms with van der Waals surface area (Å²) in [5.74, 6) is 0. The van der Waals surface area contributed by atoms with Gasteiger partial charge in [0.1, 0.15) is 0 Å². The monoisotopic (exact) mass is 437 g/mol. The molecule has 0 atom stereocenters. The summed E-state index contributed by atoms with van der Waals surface area (Å²) in [5.41, 5.74) is 0. The minimum absolute atomic E-state index is 0.901. The van der Waals surface area contributed by atoms with Gasteiger partial charge in [0, 0.05) is 8.07 Å². The van der Waals surface area contributed by atoms with E-state index in [-0.39, 0.29) is 0 Å². The lowest BCUT2D eigenvalue weighted by Crippen LogP contribution is -2.20. The van der Waals surface area contributed by atoms with Crippen molar-refractivity contribution in [1.29, 1.82) is 0 Å². The van der Waals surface area contributed by atoms with Gasteiger partial charge in [0.05, 0.1) is 0 Å². The normalized spacial score (nSPS) is 12.0. The minimum atomic E-state index is -0.901. The van der Waals surface area contributed by atoms with Crippen LogP contribution in [-0.4, -0.2) is 8.07 Å². The average Bonchev–Trinajstić information content (AvgIpc) is 2.70. The van der Waals surface area contributed by atoms with Crippen LogP contribution >= 0.6 is 0 Å². The molecular formula is C29H61Si. The Morgan fingerprint density at radius 1 is 0.367 bits per heavy atom. The first-order valence-electron chi connectivity index (χ1n) is 14.4. The highest BCUT2D eigenvalue weighted by atomic mass is 28.3. The molecule has 0 aromatic carbocycles. The van der Waals surface area contributed by atoms with Crippen LogP contribution in [0.3, 0.4) is 0 Å². The quantitative estimate of drug-likeness (QED) is 0.0983. The summed E-state index contributed by atoms with van der Waals surface area (Å²) in [6.45, 7) is 9.66. The van der Waals surface area contributed by atoms with Crippen LogP contribution in [0.1, 0.15) is 161 Å². The van der Waals surface area contributed by atoms with Crippen molar-refractivity contribution >= 4 is 8.07 Å². The van der Waals surface area contributed by atoms with Crippen LogP contribution in [0.4, 0.5) is 0 Å². The van der Waals surface area contributed by atoms with Crippen molar-refractivity contribution < 1.29 is 0 Å². The number of rotatable bonds is 25.